The molecule has 19 heavy (non-hydrogen) atoms. The van der Waals surface area contributed by atoms with E-state index in [1.807, 2.05) is 6.92 Å². The van der Waals surface area contributed by atoms with Gasteiger partial charge in [0.05, 0.1) is 11.3 Å². The van der Waals surface area contributed by atoms with E-state index >= 15 is 0 Å². The third-order valence-electron chi connectivity index (χ3n) is 2.46. The lowest BCUT2D eigenvalue weighted by Crippen LogP contribution is -2.27. The van der Waals surface area contributed by atoms with E-state index in [1.54, 1.807) is 17.0 Å². The number of anilines is 1. The summed E-state index contributed by atoms with van der Waals surface area (Å²) in [6, 6.07) is 6.14. The van der Waals surface area contributed by atoms with E-state index in [2.05, 4.69) is 6.58 Å². The first-order valence-electron chi connectivity index (χ1n) is 5.75. The monoisotopic (exact) mass is 264 g/mol. The van der Waals surface area contributed by atoms with Gasteiger partial charge in [-0.2, -0.15) is 0 Å². The molecule has 0 bridgehead atoms. The van der Waals surface area contributed by atoms with Crippen LogP contribution in [0.2, 0.25) is 0 Å². The van der Waals surface area contributed by atoms with E-state index in [0.717, 1.165) is 5.57 Å². The van der Waals surface area contributed by atoms with Crippen LogP contribution in [0.4, 0.5) is 11.4 Å². The van der Waals surface area contributed by atoms with E-state index in [9.17, 15) is 14.9 Å². The Morgan fingerprint density at radius 3 is 2.74 bits per heavy atom. The number of nitrogens with zero attached hydrogens (tertiary/aromatic N) is 2. The highest BCUT2D eigenvalue weighted by Gasteiger charge is 2.12. The number of benzene rings is 1. The summed E-state index contributed by atoms with van der Waals surface area (Å²) < 4.78 is 0. The van der Waals surface area contributed by atoms with E-state index < -0.39 is 10.9 Å². The minimum Gasteiger partial charge on any atom is -0.481 e. The van der Waals surface area contributed by atoms with Gasteiger partial charge in [-0.3, -0.25) is 14.9 Å². The van der Waals surface area contributed by atoms with Crippen molar-refractivity contribution >= 4 is 17.3 Å². The first-order valence-corrected chi connectivity index (χ1v) is 5.75. The van der Waals surface area contributed by atoms with Crippen molar-refractivity contribution in [3.05, 3.63) is 46.5 Å². The van der Waals surface area contributed by atoms with Crippen LogP contribution in [0.5, 0.6) is 0 Å². The minimum absolute atomic E-state index is 0.0143. The average Bonchev–Trinajstić information content (AvgIpc) is 2.34. The van der Waals surface area contributed by atoms with Gasteiger partial charge >= 0.3 is 5.97 Å². The molecule has 0 heterocycles. The Balaban J connectivity index is 2.95. The normalized spacial score (nSPS) is 9.95. The molecule has 0 aromatic heterocycles. The highest BCUT2D eigenvalue weighted by molar-refractivity contribution is 5.68. The van der Waals surface area contributed by atoms with E-state index in [-0.39, 0.29) is 18.7 Å². The Kier molecular flexibility index (Phi) is 5.05. The van der Waals surface area contributed by atoms with Crippen LogP contribution in [0.3, 0.4) is 0 Å². The molecule has 0 aliphatic rings. The Bertz CT molecular complexity index is 499. The number of rotatable bonds is 7. The summed E-state index contributed by atoms with van der Waals surface area (Å²) in [4.78, 5) is 22.7. The number of carbonyl (C=O) groups is 1. The molecule has 0 aliphatic carbocycles. The van der Waals surface area contributed by atoms with Crippen LogP contribution in [-0.2, 0) is 4.79 Å². The van der Waals surface area contributed by atoms with E-state index in [0.29, 0.717) is 12.2 Å². The highest BCUT2D eigenvalue weighted by atomic mass is 16.6. The predicted octanol–water partition coefficient (Wildman–Crippen LogP) is 2.45. The van der Waals surface area contributed by atoms with Crippen molar-refractivity contribution in [1.82, 2.24) is 0 Å². The van der Waals surface area contributed by atoms with Crippen molar-refractivity contribution in [1.29, 1.82) is 0 Å². The van der Waals surface area contributed by atoms with Crippen LogP contribution in [-0.4, -0.2) is 29.1 Å². The molecule has 1 aromatic carbocycles. The third kappa shape index (κ3) is 4.79. The number of nitro benzene ring substituents is 1. The Morgan fingerprint density at radius 2 is 2.21 bits per heavy atom. The van der Waals surface area contributed by atoms with Gasteiger partial charge in [-0.15, -0.1) is 0 Å². The molecule has 102 valence electrons. The molecule has 0 amide bonds. The number of hydrogen-bond donors (Lipinski definition) is 1. The summed E-state index contributed by atoms with van der Waals surface area (Å²) >= 11 is 0. The van der Waals surface area contributed by atoms with E-state index in [1.165, 1.54) is 12.1 Å². The zero-order valence-electron chi connectivity index (χ0n) is 10.7. The fourth-order valence-electron chi connectivity index (χ4n) is 1.66. The first-order chi connectivity index (χ1) is 8.90. The summed E-state index contributed by atoms with van der Waals surface area (Å²) in [5, 5.41) is 19.5. The quantitative estimate of drug-likeness (QED) is 0.464. The molecule has 1 aromatic rings. The fourth-order valence-corrected chi connectivity index (χ4v) is 1.66. The first kappa shape index (κ1) is 14.7. The standard InChI is InChI=1S/C13H16N2O4/c1-10(2)9-14(7-6-13(16)17)11-4-3-5-12(8-11)15(18)19/h3-5,8H,1,6-7,9H2,2H3,(H,16,17). The number of carboxylic acids is 1. The summed E-state index contributed by atoms with van der Waals surface area (Å²) in [5.74, 6) is -0.905. The van der Waals surface area contributed by atoms with Gasteiger partial charge in [0, 0.05) is 30.9 Å². The number of carboxylic acid groups (broad SMARTS) is 1. The topological polar surface area (TPSA) is 83.7 Å². The number of non-ortho nitro benzene ring substituents is 1. The van der Waals surface area contributed by atoms with Gasteiger partial charge in [0.1, 0.15) is 0 Å². The largest absolute Gasteiger partial charge is 0.481 e. The van der Waals surface area contributed by atoms with Crippen molar-refractivity contribution in [2.75, 3.05) is 18.0 Å². The molecule has 0 saturated carbocycles. The Labute approximate surface area is 111 Å². The maximum atomic E-state index is 10.7. The molecule has 6 nitrogen and oxygen atoms in total. The van der Waals surface area contributed by atoms with Crippen molar-refractivity contribution in [2.45, 2.75) is 13.3 Å². The second-order valence-electron chi connectivity index (χ2n) is 4.30. The zero-order chi connectivity index (χ0) is 14.4. The lowest BCUT2D eigenvalue weighted by molar-refractivity contribution is -0.384. The Morgan fingerprint density at radius 1 is 1.53 bits per heavy atom. The maximum Gasteiger partial charge on any atom is 0.305 e. The smallest absolute Gasteiger partial charge is 0.305 e. The molecule has 0 atom stereocenters. The van der Waals surface area contributed by atoms with Crippen LogP contribution in [0, 0.1) is 10.1 Å². The lowest BCUT2D eigenvalue weighted by Gasteiger charge is -2.24. The molecule has 0 saturated heterocycles. The van der Waals surface area contributed by atoms with Gasteiger partial charge < -0.3 is 10.0 Å². The number of hydrogen-bond acceptors (Lipinski definition) is 4. The molecule has 1 N–H and O–H groups in total. The van der Waals surface area contributed by atoms with Crippen LogP contribution in [0.15, 0.2) is 36.4 Å². The molecule has 6 heteroatoms. The second-order valence-corrected chi connectivity index (χ2v) is 4.30. The summed E-state index contributed by atoms with van der Waals surface area (Å²) in [6.07, 6.45) is -0.0318. The molecule has 0 unspecified atom stereocenters. The molecular formula is C13H16N2O4. The number of aliphatic carboxylic acids is 1. The van der Waals surface area contributed by atoms with Gasteiger partial charge in [-0.1, -0.05) is 18.2 Å². The fraction of sp³-hybridized carbons (Fsp3) is 0.308. The SMILES string of the molecule is C=C(C)CN(CCC(=O)O)c1cccc([N+](=O)[O-])c1. The molecule has 1 rings (SSSR count). The maximum absolute atomic E-state index is 10.7. The predicted molar refractivity (Wildman–Crippen MR) is 72.4 cm³/mol. The molecule has 0 radical (unpaired) electrons. The lowest BCUT2D eigenvalue weighted by atomic mass is 10.2. The zero-order valence-corrected chi connectivity index (χ0v) is 10.7. The van der Waals surface area contributed by atoms with Gasteiger partial charge in [-0.05, 0) is 13.0 Å². The molecule has 0 spiro atoms. The third-order valence-corrected chi connectivity index (χ3v) is 2.46. The number of nitro groups is 1. The highest BCUT2D eigenvalue weighted by Crippen LogP contribution is 2.21. The second kappa shape index (κ2) is 6.53. The minimum atomic E-state index is -0.905. The summed E-state index contributed by atoms with van der Waals surface area (Å²) in [5.41, 5.74) is 1.47. The molecule has 0 fully saturated rings. The van der Waals surface area contributed by atoms with Crippen LogP contribution < -0.4 is 4.90 Å². The van der Waals surface area contributed by atoms with Gasteiger partial charge in [0.25, 0.3) is 5.69 Å². The van der Waals surface area contributed by atoms with Crippen molar-refractivity contribution in [3.63, 3.8) is 0 Å². The van der Waals surface area contributed by atoms with Crippen LogP contribution in [0.25, 0.3) is 0 Å². The summed E-state index contributed by atoms with van der Waals surface area (Å²) in [6.45, 7) is 6.35. The van der Waals surface area contributed by atoms with Crippen LogP contribution >= 0.6 is 0 Å². The van der Waals surface area contributed by atoms with Crippen molar-refractivity contribution < 1.29 is 14.8 Å². The summed E-state index contributed by atoms with van der Waals surface area (Å²) in [7, 11) is 0. The average molecular weight is 264 g/mol. The molecular weight excluding hydrogens is 248 g/mol. The van der Waals surface area contributed by atoms with Crippen LogP contribution in [0.1, 0.15) is 13.3 Å². The van der Waals surface area contributed by atoms with Crippen molar-refractivity contribution in [2.24, 2.45) is 0 Å². The van der Waals surface area contributed by atoms with Gasteiger partial charge in [0.15, 0.2) is 0 Å². The van der Waals surface area contributed by atoms with Gasteiger partial charge in [0.2, 0.25) is 0 Å². The Hall–Kier alpha value is -2.37. The van der Waals surface area contributed by atoms with Gasteiger partial charge in [-0.25, -0.2) is 0 Å². The van der Waals surface area contributed by atoms with Crippen molar-refractivity contribution in [3.8, 4) is 0 Å². The molecule has 0 aliphatic heterocycles. The van der Waals surface area contributed by atoms with E-state index in [4.69, 9.17) is 5.11 Å².